The molecule has 0 saturated heterocycles. The highest BCUT2D eigenvalue weighted by molar-refractivity contribution is 5.86. The number of nitrogens with zero attached hydrogens (tertiary/aromatic N) is 1. The Balaban J connectivity index is 1.63. The van der Waals surface area contributed by atoms with Gasteiger partial charge in [0, 0.05) is 29.6 Å². The van der Waals surface area contributed by atoms with E-state index in [0.29, 0.717) is 6.61 Å². The van der Waals surface area contributed by atoms with E-state index >= 15 is 0 Å². The second kappa shape index (κ2) is 9.12. The standard InChI is InChI=1S/C31H31NO3/c1-31(2)29-18-24(12-16-27(29)28-17-15-26(35-5)19-30(28)31)32(23-10-13-25(34-4)14-11-23)22-8-6-21(7-9-22)20-33-3/h6-19H,20H2,1-5H3. The highest BCUT2D eigenvalue weighted by atomic mass is 16.5. The Kier molecular flexibility index (Phi) is 6.00. The summed E-state index contributed by atoms with van der Waals surface area (Å²) in [7, 11) is 5.13. The van der Waals surface area contributed by atoms with Gasteiger partial charge in [0.25, 0.3) is 0 Å². The van der Waals surface area contributed by atoms with E-state index in [1.807, 2.05) is 18.2 Å². The summed E-state index contributed by atoms with van der Waals surface area (Å²) in [6.45, 7) is 5.17. The fourth-order valence-corrected chi connectivity index (χ4v) is 5.06. The van der Waals surface area contributed by atoms with Gasteiger partial charge in [0.1, 0.15) is 11.5 Å². The number of methoxy groups -OCH3 is 3. The Morgan fingerprint density at radius 2 is 1.11 bits per heavy atom. The van der Waals surface area contributed by atoms with Crippen molar-refractivity contribution in [2.24, 2.45) is 0 Å². The molecule has 0 heterocycles. The molecule has 0 aromatic heterocycles. The number of ether oxygens (including phenoxy) is 3. The SMILES string of the molecule is COCc1ccc(N(c2ccc(OC)cc2)c2ccc3c(c2)C(C)(C)c2cc(OC)ccc2-3)cc1. The predicted molar refractivity (Wildman–Crippen MR) is 143 cm³/mol. The summed E-state index contributed by atoms with van der Waals surface area (Å²) in [5, 5.41) is 0. The van der Waals surface area contributed by atoms with E-state index in [0.717, 1.165) is 34.1 Å². The number of fused-ring (bicyclic) bond motifs is 3. The van der Waals surface area contributed by atoms with Crippen LogP contribution in [0.25, 0.3) is 11.1 Å². The maximum atomic E-state index is 5.53. The Bertz CT molecular complexity index is 1340. The van der Waals surface area contributed by atoms with Crippen molar-refractivity contribution >= 4 is 17.1 Å². The number of anilines is 3. The molecule has 0 atom stereocenters. The van der Waals surface area contributed by atoms with Gasteiger partial charge in [-0.3, -0.25) is 0 Å². The molecule has 1 aliphatic carbocycles. The van der Waals surface area contributed by atoms with E-state index in [-0.39, 0.29) is 5.41 Å². The first-order valence-electron chi connectivity index (χ1n) is 11.8. The van der Waals surface area contributed by atoms with Gasteiger partial charge in [0.2, 0.25) is 0 Å². The minimum absolute atomic E-state index is 0.136. The number of hydrogen-bond acceptors (Lipinski definition) is 4. The summed E-state index contributed by atoms with van der Waals surface area (Å²) in [5.41, 5.74) is 9.44. The monoisotopic (exact) mass is 465 g/mol. The van der Waals surface area contributed by atoms with Crippen LogP contribution in [-0.4, -0.2) is 21.3 Å². The van der Waals surface area contributed by atoms with Crippen molar-refractivity contribution < 1.29 is 14.2 Å². The van der Waals surface area contributed by atoms with Crippen LogP contribution in [0.5, 0.6) is 11.5 Å². The van der Waals surface area contributed by atoms with Crippen molar-refractivity contribution in [2.45, 2.75) is 25.9 Å². The molecular formula is C31H31NO3. The molecule has 1 aliphatic rings. The van der Waals surface area contributed by atoms with Crippen LogP contribution in [0.15, 0.2) is 84.9 Å². The van der Waals surface area contributed by atoms with Crippen LogP contribution in [0.3, 0.4) is 0 Å². The zero-order valence-electron chi connectivity index (χ0n) is 21.0. The molecule has 0 bridgehead atoms. The molecule has 0 radical (unpaired) electrons. The van der Waals surface area contributed by atoms with Gasteiger partial charge in [-0.15, -0.1) is 0 Å². The van der Waals surface area contributed by atoms with Crippen LogP contribution in [0.4, 0.5) is 17.1 Å². The van der Waals surface area contributed by atoms with Gasteiger partial charge < -0.3 is 19.1 Å². The first-order valence-corrected chi connectivity index (χ1v) is 11.8. The first-order chi connectivity index (χ1) is 17.0. The Labute approximate surface area is 207 Å². The van der Waals surface area contributed by atoms with E-state index in [9.17, 15) is 0 Å². The van der Waals surface area contributed by atoms with Crippen molar-refractivity contribution in [3.05, 3.63) is 102 Å². The summed E-state index contributed by atoms with van der Waals surface area (Å²) in [4.78, 5) is 2.29. The molecule has 4 aromatic rings. The largest absolute Gasteiger partial charge is 0.497 e. The van der Waals surface area contributed by atoms with Gasteiger partial charge in [-0.1, -0.05) is 38.1 Å². The highest BCUT2D eigenvalue weighted by Gasteiger charge is 2.36. The molecule has 0 amide bonds. The molecule has 4 aromatic carbocycles. The summed E-state index contributed by atoms with van der Waals surface area (Å²) < 4.78 is 16.2. The van der Waals surface area contributed by atoms with Crippen molar-refractivity contribution in [1.29, 1.82) is 0 Å². The van der Waals surface area contributed by atoms with Crippen LogP contribution < -0.4 is 14.4 Å². The van der Waals surface area contributed by atoms with Gasteiger partial charge in [-0.2, -0.15) is 0 Å². The van der Waals surface area contributed by atoms with Crippen LogP contribution in [-0.2, 0) is 16.8 Å². The average Bonchev–Trinajstić information content (AvgIpc) is 3.11. The van der Waals surface area contributed by atoms with Gasteiger partial charge in [-0.25, -0.2) is 0 Å². The lowest BCUT2D eigenvalue weighted by Gasteiger charge is -2.28. The minimum Gasteiger partial charge on any atom is -0.497 e. The van der Waals surface area contributed by atoms with Crippen molar-refractivity contribution in [2.75, 3.05) is 26.2 Å². The van der Waals surface area contributed by atoms with E-state index in [2.05, 4.69) is 85.5 Å². The van der Waals surface area contributed by atoms with E-state index in [4.69, 9.17) is 14.2 Å². The molecule has 0 N–H and O–H groups in total. The molecule has 0 saturated carbocycles. The highest BCUT2D eigenvalue weighted by Crippen LogP contribution is 2.51. The van der Waals surface area contributed by atoms with Crippen LogP contribution >= 0.6 is 0 Å². The molecule has 0 spiro atoms. The molecule has 0 unspecified atom stereocenters. The summed E-state index contributed by atoms with van der Waals surface area (Å²) in [6.07, 6.45) is 0. The fourth-order valence-electron chi connectivity index (χ4n) is 5.06. The lowest BCUT2D eigenvalue weighted by molar-refractivity contribution is 0.185. The maximum absolute atomic E-state index is 5.53. The van der Waals surface area contributed by atoms with Crippen molar-refractivity contribution in [1.82, 2.24) is 0 Å². The quantitative estimate of drug-likeness (QED) is 0.281. The Hall–Kier alpha value is -3.76. The Morgan fingerprint density at radius 3 is 1.71 bits per heavy atom. The van der Waals surface area contributed by atoms with Gasteiger partial charge in [0.05, 0.1) is 20.8 Å². The molecule has 178 valence electrons. The molecule has 4 heteroatoms. The second-order valence-corrected chi connectivity index (χ2v) is 9.40. The lowest BCUT2D eigenvalue weighted by Crippen LogP contribution is -2.16. The van der Waals surface area contributed by atoms with Crippen LogP contribution in [0.1, 0.15) is 30.5 Å². The van der Waals surface area contributed by atoms with Crippen LogP contribution in [0.2, 0.25) is 0 Å². The zero-order chi connectivity index (χ0) is 24.6. The molecule has 0 fully saturated rings. The molecule has 5 rings (SSSR count). The van der Waals surface area contributed by atoms with Crippen LogP contribution in [0, 0.1) is 0 Å². The first kappa shape index (κ1) is 23.0. The molecule has 0 aliphatic heterocycles. The summed E-state index contributed by atoms with van der Waals surface area (Å²) >= 11 is 0. The summed E-state index contributed by atoms with van der Waals surface area (Å²) in [6, 6.07) is 29.9. The number of hydrogen-bond donors (Lipinski definition) is 0. The van der Waals surface area contributed by atoms with Gasteiger partial charge >= 0.3 is 0 Å². The van der Waals surface area contributed by atoms with E-state index in [1.165, 1.54) is 22.3 Å². The molecular weight excluding hydrogens is 434 g/mol. The molecule has 35 heavy (non-hydrogen) atoms. The second-order valence-electron chi connectivity index (χ2n) is 9.40. The summed E-state index contributed by atoms with van der Waals surface area (Å²) in [5.74, 6) is 1.73. The number of rotatable bonds is 7. The van der Waals surface area contributed by atoms with E-state index < -0.39 is 0 Å². The van der Waals surface area contributed by atoms with Crippen molar-refractivity contribution in [3.8, 4) is 22.6 Å². The Morgan fingerprint density at radius 1 is 0.600 bits per heavy atom. The third-order valence-electron chi connectivity index (χ3n) is 6.96. The van der Waals surface area contributed by atoms with Gasteiger partial charge in [0.15, 0.2) is 0 Å². The minimum atomic E-state index is -0.136. The number of benzene rings is 4. The zero-order valence-corrected chi connectivity index (χ0v) is 21.0. The smallest absolute Gasteiger partial charge is 0.119 e. The van der Waals surface area contributed by atoms with E-state index in [1.54, 1.807) is 21.3 Å². The third kappa shape index (κ3) is 4.04. The van der Waals surface area contributed by atoms with Crippen molar-refractivity contribution in [3.63, 3.8) is 0 Å². The topological polar surface area (TPSA) is 30.9 Å². The van der Waals surface area contributed by atoms with Gasteiger partial charge in [-0.05, 0) is 88.5 Å². The molecule has 4 nitrogen and oxygen atoms in total. The fraction of sp³-hybridized carbons (Fsp3) is 0.226. The lowest BCUT2D eigenvalue weighted by atomic mass is 9.82. The third-order valence-corrected chi connectivity index (χ3v) is 6.96. The maximum Gasteiger partial charge on any atom is 0.119 e. The predicted octanol–water partition coefficient (Wildman–Crippen LogP) is 7.63. The normalized spacial score (nSPS) is 13.2. The average molecular weight is 466 g/mol.